The van der Waals surface area contributed by atoms with Crippen LogP contribution in [0.2, 0.25) is 0 Å². The molecule has 0 unspecified atom stereocenters. The Morgan fingerprint density at radius 3 is 2.46 bits per heavy atom. The molecular weight excluding hydrogens is 397 g/mol. The van der Waals surface area contributed by atoms with E-state index in [2.05, 4.69) is 10.0 Å². The van der Waals surface area contributed by atoms with Crippen molar-refractivity contribution >= 4 is 21.6 Å². The monoisotopic (exact) mass is 416 g/mol. The van der Waals surface area contributed by atoms with Crippen LogP contribution < -0.4 is 10.0 Å². The predicted octanol–water partition coefficient (Wildman–Crippen LogP) is 3.27. The minimum atomic E-state index is -4.68. The number of nitrogens with one attached hydrogen (secondary N) is 2. The van der Waals surface area contributed by atoms with Gasteiger partial charge in [0.25, 0.3) is 15.9 Å². The summed E-state index contributed by atoms with van der Waals surface area (Å²) in [6.07, 6.45) is -4.68. The van der Waals surface area contributed by atoms with Crippen LogP contribution in [0.15, 0.2) is 53.4 Å². The molecule has 0 heterocycles. The molecule has 2 N–H and O–H groups in total. The lowest BCUT2D eigenvalue weighted by molar-refractivity contribution is -0.137. The van der Waals surface area contributed by atoms with Crippen LogP contribution in [0.25, 0.3) is 0 Å². The minimum Gasteiger partial charge on any atom is -0.383 e. The van der Waals surface area contributed by atoms with E-state index in [1.54, 1.807) is 6.92 Å². The summed E-state index contributed by atoms with van der Waals surface area (Å²) in [5.74, 6) is -0.549. The zero-order chi connectivity index (χ0) is 20.9. The van der Waals surface area contributed by atoms with Crippen molar-refractivity contribution in [1.82, 2.24) is 5.32 Å². The third-order valence-corrected chi connectivity index (χ3v) is 5.05. The Bertz CT molecular complexity index is 946. The first-order valence-electron chi connectivity index (χ1n) is 8.13. The molecule has 0 bridgehead atoms. The van der Waals surface area contributed by atoms with Gasteiger partial charge >= 0.3 is 6.18 Å². The molecule has 2 rings (SSSR count). The number of methoxy groups -OCH3 is 1. The Labute approximate surface area is 160 Å². The molecule has 10 heteroatoms. The van der Waals surface area contributed by atoms with E-state index in [1.165, 1.54) is 31.4 Å². The Morgan fingerprint density at radius 1 is 1.14 bits per heavy atom. The van der Waals surface area contributed by atoms with Gasteiger partial charge in [-0.1, -0.05) is 18.2 Å². The Hall–Kier alpha value is -2.59. The maximum Gasteiger partial charge on any atom is 0.416 e. The molecule has 0 aliphatic heterocycles. The molecule has 152 valence electrons. The summed E-state index contributed by atoms with van der Waals surface area (Å²) in [4.78, 5) is 11.8. The van der Waals surface area contributed by atoms with E-state index in [0.717, 1.165) is 18.2 Å². The first-order chi connectivity index (χ1) is 13.0. The molecule has 2 aromatic rings. The fourth-order valence-electron chi connectivity index (χ4n) is 2.41. The van der Waals surface area contributed by atoms with E-state index < -0.39 is 32.6 Å². The molecule has 1 amide bonds. The van der Waals surface area contributed by atoms with Gasteiger partial charge in [0.05, 0.1) is 28.3 Å². The molecule has 28 heavy (non-hydrogen) atoms. The van der Waals surface area contributed by atoms with Gasteiger partial charge in [-0.25, -0.2) is 8.42 Å². The number of benzene rings is 2. The van der Waals surface area contributed by atoms with Crippen molar-refractivity contribution < 1.29 is 31.1 Å². The van der Waals surface area contributed by atoms with E-state index in [-0.39, 0.29) is 23.9 Å². The van der Waals surface area contributed by atoms with Crippen LogP contribution in [0, 0.1) is 0 Å². The van der Waals surface area contributed by atoms with Crippen molar-refractivity contribution in [2.45, 2.75) is 24.0 Å². The van der Waals surface area contributed by atoms with Crippen molar-refractivity contribution in [1.29, 1.82) is 0 Å². The average Bonchev–Trinajstić information content (AvgIpc) is 2.61. The highest BCUT2D eigenvalue weighted by Gasteiger charge is 2.31. The Kier molecular flexibility index (Phi) is 6.68. The smallest absolute Gasteiger partial charge is 0.383 e. The van der Waals surface area contributed by atoms with Crippen molar-refractivity contribution in [2.75, 3.05) is 18.4 Å². The third-order valence-electron chi connectivity index (χ3n) is 3.68. The number of ether oxygens (including phenoxy) is 1. The SMILES string of the molecule is COC[C@@H](C)NC(=O)c1ccccc1NS(=O)(=O)c1cccc(C(F)(F)F)c1. The molecule has 2 aromatic carbocycles. The van der Waals surface area contributed by atoms with E-state index in [1.807, 2.05) is 0 Å². The van der Waals surface area contributed by atoms with Gasteiger partial charge in [0.1, 0.15) is 0 Å². The average molecular weight is 416 g/mol. The van der Waals surface area contributed by atoms with Crippen LogP contribution >= 0.6 is 0 Å². The zero-order valence-corrected chi connectivity index (χ0v) is 15.9. The third kappa shape index (κ3) is 5.46. The highest BCUT2D eigenvalue weighted by Crippen LogP contribution is 2.31. The van der Waals surface area contributed by atoms with E-state index in [4.69, 9.17) is 4.74 Å². The molecule has 0 aliphatic carbocycles. The molecule has 0 saturated heterocycles. The van der Waals surface area contributed by atoms with Crippen molar-refractivity contribution in [3.8, 4) is 0 Å². The van der Waals surface area contributed by atoms with E-state index in [9.17, 15) is 26.4 Å². The fourth-order valence-corrected chi connectivity index (χ4v) is 3.53. The zero-order valence-electron chi connectivity index (χ0n) is 15.1. The second-order valence-corrected chi connectivity index (χ2v) is 7.69. The first-order valence-corrected chi connectivity index (χ1v) is 9.62. The summed E-state index contributed by atoms with van der Waals surface area (Å²) < 4.78 is 70.8. The first kappa shape index (κ1) is 21.7. The van der Waals surface area contributed by atoms with Crippen molar-refractivity contribution in [3.05, 3.63) is 59.7 Å². The lowest BCUT2D eigenvalue weighted by atomic mass is 10.1. The number of carbonyl (C=O) groups excluding carboxylic acids is 1. The number of anilines is 1. The van der Waals surface area contributed by atoms with Crippen molar-refractivity contribution in [2.24, 2.45) is 0 Å². The summed E-state index contributed by atoms with van der Waals surface area (Å²) >= 11 is 0. The number of rotatable bonds is 7. The number of para-hydroxylation sites is 1. The predicted molar refractivity (Wildman–Crippen MR) is 97.5 cm³/mol. The lowest BCUT2D eigenvalue weighted by Crippen LogP contribution is -2.36. The molecule has 0 aliphatic rings. The van der Waals surface area contributed by atoms with Crippen LogP contribution in [0.3, 0.4) is 0 Å². The maximum atomic E-state index is 12.9. The molecular formula is C18H19F3N2O4S. The lowest BCUT2D eigenvalue weighted by Gasteiger charge is -2.16. The van der Waals surface area contributed by atoms with Gasteiger partial charge in [0.15, 0.2) is 0 Å². The number of carbonyl (C=O) groups is 1. The summed E-state index contributed by atoms with van der Waals surface area (Å²) in [6.45, 7) is 1.96. The van der Waals surface area contributed by atoms with Crippen LogP contribution in [-0.2, 0) is 20.9 Å². The highest BCUT2D eigenvalue weighted by atomic mass is 32.2. The Balaban J connectivity index is 2.32. The molecule has 6 nitrogen and oxygen atoms in total. The number of hydrogen-bond donors (Lipinski definition) is 2. The van der Waals surface area contributed by atoms with Gasteiger partial charge in [-0.3, -0.25) is 9.52 Å². The largest absolute Gasteiger partial charge is 0.416 e. The number of sulfonamides is 1. The molecule has 0 radical (unpaired) electrons. The number of alkyl halides is 3. The minimum absolute atomic E-state index is 0.0287. The van der Waals surface area contributed by atoms with Crippen LogP contribution in [-0.4, -0.2) is 34.1 Å². The van der Waals surface area contributed by atoms with Crippen LogP contribution in [0.1, 0.15) is 22.8 Å². The highest BCUT2D eigenvalue weighted by molar-refractivity contribution is 7.92. The standard InChI is InChI=1S/C18H19F3N2O4S/c1-12(11-27-2)22-17(24)15-8-3-4-9-16(15)23-28(25,26)14-7-5-6-13(10-14)18(19,20)21/h3-10,12,23H,11H2,1-2H3,(H,22,24)/t12-/m1/s1. The summed E-state index contributed by atoms with van der Waals surface area (Å²) in [5.41, 5.74) is -1.11. The molecule has 0 fully saturated rings. The summed E-state index contributed by atoms with van der Waals surface area (Å²) in [6, 6.07) is 8.81. The topological polar surface area (TPSA) is 84.5 Å². The second-order valence-electron chi connectivity index (χ2n) is 6.01. The van der Waals surface area contributed by atoms with Gasteiger partial charge in [-0.05, 0) is 37.3 Å². The molecule has 0 aromatic heterocycles. The van der Waals surface area contributed by atoms with E-state index >= 15 is 0 Å². The van der Waals surface area contributed by atoms with Crippen LogP contribution in [0.5, 0.6) is 0 Å². The summed E-state index contributed by atoms with van der Waals surface area (Å²) in [5, 5.41) is 2.64. The van der Waals surface area contributed by atoms with Gasteiger partial charge in [0, 0.05) is 13.2 Å². The molecule has 0 saturated carbocycles. The van der Waals surface area contributed by atoms with Crippen LogP contribution in [0.4, 0.5) is 18.9 Å². The number of hydrogen-bond acceptors (Lipinski definition) is 4. The van der Waals surface area contributed by atoms with Gasteiger partial charge in [-0.2, -0.15) is 13.2 Å². The molecule has 0 spiro atoms. The van der Waals surface area contributed by atoms with E-state index in [0.29, 0.717) is 6.07 Å². The second kappa shape index (κ2) is 8.61. The number of amides is 1. The summed E-state index contributed by atoms with van der Waals surface area (Å²) in [7, 11) is -2.87. The number of halogens is 3. The van der Waals surface area contributed by atoms with Gasteiger partial charge in [-0.15, -0.1) is 0 Å². The van der Waals surface area contributed by atoms with Gasteiger partial charge < -0.3 is 10.1 Å². The van der Waals surface area contributed by atoms with Gasteiger partial charge in [0.2, 0.25) is 0 Å². The van der Waals surface area contributed by atoms with Crippen molar-refractivity contribution in [3.63, 3.8) is 0 Å². The normalized spacial score (nSPS) is 13.0. The Morgan fingerprint density at radius 2 is 1.82 bits per heavy atom. The maximum absolute atomic E-state index is 12.9. The fraction of sp³-hybridized carbons (Fsp3) is 0.278. The molecule has 1 atom stereocenters. The quantitative estimate of drug-likeness (QED) is 0.726.